The van der Waals surface area contributed by atoms with Crippen LogP contribution in [-0.4, -0.2) is 43.8 Å². The number of benzene rings is 3. The van der Waals surface area contributed by atoms with E-state index in [1.165, 1.54) is 4.73 Å². The topological polar surface area (TPSA) is 164 Å². The summed E-state index contributed by atoms with van der Waals surface area (Å²) in [5, 5.41) is 10.3. The van der Waals surface area contributed by atoms with Crippen molar-refractivity contribution in [3.63, 3.8) is 0 Å². The van der Waals surface area contributed by atoms with E-state index in [-0.39, 0.29) is 11.5 Å². The molecule has 0 aliphatic heterocycles. The summed E-state index contributed by atoms with van der Waals surface area (Å²) in [7, 11) is 0. The molecule has 0 spiro atoms. The first-order valence-corrected chi connectivity index (χ1v) is 16.8. The van der Waals surface area contributed by atoms with Gasteiger partial charge in [-0.2, -0.15) is 0 Å². The maximum Gasteiger partial charge on any atom is 0.294 e. The van der Waals surface area contributed by atoms with Gasteiger partial charge in [-0.1, -0.05) is 91.8 Å². The van der Waals surface area contributed by atoms with Crippen LogP contribution >= 0.6 is 0 Å². The van der Waals surface area contributed by atoms with Crippen LogP contribution in [-0.2, 0) is 4.84 Å². The molecule has 0 saturated heterocycles. The Kier molecular flexibility index (Phi) is 25.1. The average molecular weight is 681 g/mol. The Morgan fingerprint density at radius 2 is 1.16 bits per heavy atom. The number of nitrogens with two attached hydrogens (primary N) is 1. The standard InChI is InChI=1S/C11H12N2O2.C9H8N2O2.C9H12N2O2.4C2H6/c1-3-15-13-8(2)12-10-7-5-4-6-9(10)11(13)14;1-6-10-8-5-3-2-4-7(8)9(12)11(6)13;1-2-13-11-9(12)7-5-3-4-6-8(7)10;4*1-2/h4-7H,3H2,1-2H3;2-5,13H,1H3;3-6H,2,10H2,1H3,(H,11,12);4*1-2H3. The van der Waals surface area contributed by atoms with Gasteiger partial charge in [0.2, 0.25) is 0 Å². The maximum absolute atomic E-state index is 11.9. The molecule has 5 rings (SSSR count). The molecule has 0 fully saturated rings. The summed E-state index contributed by atoms with van der Waals surface area (Å²) in [5.74, 6) is 0.546. The molecule has 4 N–H and O–H groups in total. The van der Waals surface area contributed by atoms with Gasteiger partial charge in [0.15, 0.2) is 0 Å². The lowest BCUT2D eigenvalue weighted by molar-refractivity contribution is 0.0365. The molecule has 5 aromatic rings. The molecular weight excluding hydrogens is 624 g/mol. The molecule has 12 nitrogen and oxygen atoms in total. The summed E-state index contributed by atoms with van der Waals surface area (Å²) >= 11 is 0. The predicted molar refractivity (Wildman–Crippen MR) is 201 cm³/mol. The van der Waals surface area contributed by atoms with Crippen LogP contribution in [0.2, 0.25) is 0 Å². The maximum atomic E-state index is 11.9. The van der Waals surface area contributed by atoms with Crippen molar-refractivity contribution >= 4 is 33.4 Å². The normalized spacial score (nSPS) is 9.06. The smallest absolute Gasteiger partial charge is 0.294 e. The molecular formula is C37H56N6O6. The van der Waals surface area contributed by atoms with E-state index in [0.717, 1.165) is 0 Å². The number of aryl methyl sites for hydroxylation is 2. The summed E-state index contributed by atoms with van der Waals surface area (Å²) in [6.45, 7) is 23.8. The first-order chi connectivity index (χ1) is 23.7. The quantitative estimate of drug-likeness (QED) is 0.0993. The lowest BCUT2D eigenvalue weighted by Gasteiger charge is -2.09. The number of fused-ring (bicyclic) bond motifs is 2. The Morgan fingerprint density at radius 1 is 0.714 bits per heavy atom. The lowest BCUT2D eigenvalue weighted by Crippen LogP contribution is -2.29. The van der Waals surface area contributed by atoms with Gasteiger partial charge in [0.1, 0.15) is 18.3 Å². The molecule has 2 aromatic heterocycles. The van der Waals surface area contributed by atoms with E-state index < -0.39 is 5.56 Å². The number of amides is 1. The zero-order valence-corrected chi connectivity index (χ0v) is 31.2. The number of para-hydroxylation sites is 3. The molecule has 0 saturated carbocycles. The second-order valence-corrected chi connectivity index (χ2v) is 8.44. The summed E-state index contributed by atoms with van der Waals surface area (Å²) < 4.78 is 1.80. The van der Waals surface area contributed by atoms with E-state index >= 15 is 0 Å². The van der Waals surface area contributed by atoms with Gasteiger partial charge in [0.05, 0.1) is 34.0 Å². The molecule has 49 heavy (non-hydrogen) atoms. The molecule has 0 aliphatic rings. The Balaban J connectivity index is 0. The monoisotopic (exact) mass is 680 g/mol. The van der Waals surface area contributed by atoms with Crippen molar-refractivity contribution in [3.8, 4) is 0 Å². The van der Waals surface area contributed by atoms with Gasteiger partial charge in [0, 0.05) is 5.69 Å². The van der Waals surface area contributed by atoms with Crippen LogP contribution in [0.25, 0.3) is 21.8 Å². The van der Waals surface area contributed by atoms with E-state index in [1.807, 2.05) is 80.5 Å². The SMILES string of the molecule is CC.CC.CC.CC.CCONC(=O)c1ccccc1N.CCOn1c(C)nc2ccccc2c1=O.Cc1nc2ccccc2c(=O)n1O. The minimum Gasteiger partial charge on any atom is -0.424 e. The largest absolute Gasteiger partial charge is 0.424 e. The first kappa shape index (κ1) is 45.9. The van der Waals surface area contributed by atoms with E-state index in [0.29, 0.717) is 62.6 Å². The van der Waals surface area contributed by atoms with E-state index in [9.17, 15) is 19.6 Å². The molecule has 0 radical (unpaired) electrons. The number of anilines is 1. The highest BCUT2D eigenvalue weighted by molar-refractivity contribution is 5.98. The highest BCUT2D eigenvalue weighted by atomic mass is 16.7. The van der Waals surface area contributed by atoms with Crippen molar-refractivity contribution < 1.29 is 19.7 Å². The van der Waals surface area contributed by atoms with Gasteiger partial charge in [-0.25, -0.2) is 15.4 Å². The third kappa shape index (κ3) is 14.2. The number of carbonyl (C=O) groups excluding carboxylic acids is 1. The third-order valence-corrected chi connectivity index (χ3v) is 5.58. The number of carbonyl (C=O) groups is 1. The zero-order chi connectivity index (χ0) is 37.9. The minimum atomic E-state index is -0.428. The highest BCUT2D eigenvalue weighted by Gasteiger charge is 2.08. The van der Waals surface area contributed by atoms with E-state index in [1.54, 1.807) is 75.4 Å². The lowest BCUT2D eigenvalue weighted by atomic mass is 10.2. The van der Waals surface area contributed by atoms with Crippen LogP contribution in [0.4, 0.5) is 5.69 Å². The van der Waals surface area contributed by atoms with Crippen LogP contribution < -0.4 is 27.2 Å². The summed E-state index contributed by atoms with van der Waals surface area (Å²) in [6.07, 6.45) is 0. The Labute approximate surface area is 290 Å². The van der Waals surface area contributed by atoms with Gasteiger partial charge in [0.25, 0.3) is 17.0 Å². The molecule has 0 aliphatic carbocycles. The number of hydroxylamine groups is 1. The van der Waals surface area contributed by atoms with Crippen molar-refractivity contribution in [2.24, 2.45) is 0 Å². The minimum absolute atomic E-state index is 0.153. The molecule has 1 amide bonds. The number of hydrogen-bond acceptors (Lipinski definition) is 9. The number of aromatic nitrogens is 4. The fraction of sp³-hybridized carbons (Fsp3) is 0.378. The van der Waals surface area contributed by atoms with Crippen LogP contribution in [0, 0.1) is 13.8 Å². The average Bonchev–Trinajstić information content (AvgIpc) is 3.15. The predicted octanol–water partition coefficient (Wildman–Crippen LogP) is 7.15. The van der Waals surface area contributed by atoms with Crippen molar-refractivity contribution in [2.75, 3.05) is 18.9 Å². The molecule has 12 heteroatoms. The highest BCUT2D eigenvalue weighted by Crippen LogP contribution is 2.10. The number of rotatable bonds is 5. The van der Waals surface area contributed by atoms with Gasteiger partial charge >= 0.3 is 0 Å². The number of nitrogens with one attached hydrogen (secondary N) is 1. The van der Waals surface area contributed by atoms with Crippen molar-refractivity contribution in [1.82, 2.24) is 24.9 Å². The van der Waals surface area contributed by atoms with Crippen LogP contribution in [0.15, 0.2) is 82.4 Å². The van der Waals surface area contributed by atoms with Crippen molar-refractivity contribution in [1.29, 1.82) is 0 Å². The molecule has 0 atom stereocenters. The summed E-state index contributed by atoms with van der Waals surface area (Å²) in [4.78, 5) is 53.0. The fourth-order valence-electron chi connectivity index (χ4n) is 3.64. The van der Waals surface area contributed by atoms with E-state index in [4.69, 9.17) is 15.4 Å². The second kappa shape index (κ2) is 26.8. The Morgan fingerprint density at radius 3 is 1.65 bits per heavy atom. The fourth-order valence-corrected chi connectivity index (χ4v) is 3.64. The second-order valence-electron chi connectivity index (χ2n) is 8.44. The molecule has 3 aromatic carbocycles. The van der Waals surface area contributed by atoms with Crippen molar-refractivity contribution in [3.05, 3.63) is 111 Å². The Hall–Kier alpha value is -5.23. The summed E-state index contributed by atoms with van der Waals surface area (Å²) in [5.41, 5.74) is 9.45. The number of hydrogen-bond donors (Lipinski definition) is 3. The van der Waals surface area contributed by atoms with Crippen LogP contribution in [0.1, 0.15) is 91.2 Å². The van der Waals surface area contributed by atoms with E-state index in [2.05, 4.69) is 15.4 Å². The summed E-state index contributed by atoms with van der Waals surface area (Å²) in [6, 6.07) is 21.0. The van der Waals surface area contributed by atoms with Crippen molar-refractivity contribution in [2.45, 2.75) is 83.1 Å². The molecule has 270 valence electrons. The molecule has 0 unspecified atom stereocenters. The van der Waals surface area contributed by atoms with Gasteiger partial charge in [-0.3, -0.25) is 19.2 Å². The first-order valence-electron chi connectivity index (χ1n) is 16.8. The molecule has 2 heterocycles. The van der Waals surface area contributed by atoms with Crippen LogP contribution in [0.3, 0.4) is 0 Å². The van der Waals surface area contributed by atoms with Gasteiger partial charge in [-0.05, 0) is 64.1 Å². The third-order valence-electron chi connectivity index (χ3n) is 5.58. The van der Waals surface area contributed by atoms with Crippen LogP contribution in [0.5, 0.6) is 0 Å². The number of nitrogen functional groups attached to an aromatic ring is 1. The van der Waals surface area contributed by atoms with Gasteiger partial charge < -0.3 is 15.8 Å². The Bertz CT molecular complexity index is 1770. The molecule has 0 bridgehead atoms. The van der Waals surface area contributed by atoms with Gasteiger partial charge in [-0.15, -0.1) is 9.46 Å². The number of nitrogens with zero attached hydrogens (tertiary/aromatic N) is 4. The zero-order valence-electron chi connectivity index (χ0n) is 31.2.